The van der Waals surface area contributed by atoms with Crippen molar-refractivity contribution in [3.63, 3.8) is 0 Å². The molecule has 1 aromatic rings. The van der Waals surface area contributed by atoms with E-state index in [1.54, 1.807) is 0 Å². The van der Waals surface area contributed by atoms with Crippen LogP contribution in [-0.2, 0) is 0 Å². The number of nitrogens with one attached hydrogen (secondary N) is 2. The molecule has 0 saturated carbocycles. The number of carbonyl (C=O) groups is 1. The molecule has 1 aromatic carbocycles. The molecule has 1 aliphatic rings. The van der Waals surface area contributed by atoms with Crippen LogP contribution in [0.3, 0.4) is 0 Å². The van der Waals surface area contributed by atoms with E-state index in [1.807, 2.05) is 0 Å². The Labute approximate surface area is 127 Å². The number of benzene rings is 1. The van der Waals surface area contributed by atoms with Gasteiger partial charge in [0.2, 0.25) is 0 Å². The Kier molecular flexibility index (Phi) is 6.19. The number of carbonyl (C=O) groups excluding carboxylic acids is 1. The lowest BCUT2D eigenvalue weighted by atomic mass is 10.1. The van der Waals surface area contributed by atoms with Gasteiger partial charge in [-0.25, -0.2) is 0 Å². The lowest BCUT2D eigenvalue weighted by Crippen LogP contribution is -2.45. The van der Waals surface area contributed by atoms with Crippen LogP contribution < -0.4 is 10.6 Å². The van der Waals surface area contributed by atoms with Crippen molar-refractivity contribution in [2.75, 3.05) is 13.1 Å². The van der Waals surface area contributed by atoms with E-state index in [-0.39, 0.29) is 29.7 Å². The van der Waals surface area contributed by atoms with Gasteiger partial charge >= 0.3 is 0 Å². The van der Waals surface area contributed by atoms with Crippen molar-refractivity contribution in [1.29, 1.82) is 0 Å². The van der Waals surface area contributed by atoms with Gasteiger partial charge in [0.15, 0.2) is 0 Å². The first-order chi connectivity index (χ1) is 9.08. The van der Waals surface area contributed by atoms with Crippen molar-refractivity contribution in [3.05, 3.63) is 38.9 Å². The lowest BCUT2D eigenvalue weighted by Gasteiger charge is -2.23. The number of nitrogens with zero attached hydrogens (tertiary/aromatic N) is 1. The van der Waals surface area contributed by atoms with Gasteiger partial charge in [0.25, 0.3) is 11.6 Å². The Bertz CT molecular complexity index is 505. The van der Waals surface area contributed by atoms with Gasteiger partial charge in [0.05, 0.1) is 4.92 Å². The zero-order valence-electron chi connectivity index (χ0n) is 10.6. The quantitative estimate of drug-likeness (QED) is 0.660. The number of nitro groups is 1. The minimum atomic E-state index is -0.579. The van der Waals surface area contributed by atoms with E-state index in [1.165, 1.54) is 18.2 Å². The van der Waals surface area contributed by atoms with Crippen LogP contribution in [0, 0.1) is 10.1 Å². The average Bonchev–Trinajstić information content (AvgIpc) is 2.39. The minimum absolute atomic E-state index is 0. The summed E-state index contributed by atoms with van der Waals surface area (Å²) in [6.07, 6.45) is 1.84. The fraction of sp³-hybridized carbons (Fsp3) is 0.417. The molecule has 1 aliphatic heterocycles. The van der Waals surface area contributed by atoms with Crippen LogP contribution in [0.25, 0.3) is 0 Å². The normalized spacial score (nSPS) is 17.9. The summed E-state index contributed by atoms with van der Waals surface area (Å²) in [5, 5.41) is 17.2. The van der Waals surface area contributed by atoms with Gasteiger partial charge in [0.1, 0.15) is 5.56 Å². The first kappa shape index (κ1) is 16.7. The van der Waals surface area contributed by atoms with E-state index in [0.29, 0.717) is 11.6 Å². The molecule has 0 unspecified atom stereocenters. The highest BCUT2D eigenvalue weighted by Crippen LogP contribution is 2.22. The molecule has 1 amide bonds. The van der Waals surface area contributed by atoms with Crippen LogP contribution in [0.4, 0.5) is 5.69 Å². The number of halogens is 2. The van der Waals surface area contributed by atoms with Crippen molar-refractivity contribution in [3.8, 4) is 0 Å². The fourth-order valence-corrected chi connectivity index (χ4v) is 2.26. The molecule has 0 bridgehead atoms. The standard InChI is InChI=1S/C12H14ClN3O3.ClH/c13-8-3-4-11(16(18)19)10(6-8)12(17)15-9-2-1-5-14-7-9;/h3-4,6,9,14H,1-2,5,7H2,(H,15,17);1H/t9-;/m1./s1. The van der Waals surface area contributed by atoms with Gasteiger partial charge in [-0.2, -0.15) is 0 Å². The van der Waals surface area contributed by atoms with Gasteiger partial charge in [-0.05, 0) is 31.5 Å². The molecule has 110 valence electrons. The zero-order chi connectivity index (χ0) is 13.8. The van der Waals surface area contributed by atoms with Gasteiger partial charge in [0, 0.05) is 23.7 Å². The van der Waals surface area contributed by atoms with E-state index in [9.17, 15) is 14.9 Å². The SMILES string of the molecule is Cl.O=C(N[C@@H]1CCCNC1)c1cc(Cl)ccc1[N+](=O)[O-]. The van der Waals surface area contributed by atoms with Crippen molar-refractivity contribution >= 4 is 35.6 Å². The molecule has 0 aromatic heterocycles. The van der Waals surface area contributed by atoms with Gasteiger partial charge in [-0.15, -0.1) is 12.4 Å². The third-order valence-corrected chi connectivity index (χ3v) is 3.27. The Balaban J connectivity index is 0.00000200. The summed E-state index contributed by atoms with van der Waals surface area (Å²) in [5.41, 5.74) is -0.228. The third-order valence-electron chi connectivity index (χ3n) is 3.03. The molecule has 8 heteroatoms. The molecule has 1 fully saturated rings. The summed E-state index contributed by atoms with van der Waals surface area (Å²) >= 11 is 5.79. The maximum absolute atomic E-state index is 12.1. The highest BCUT2D eigenvalue weighted by Gasteiger charge is 2.23. The van der Waals surface area contributed by atoms with Crippen LogP contribution in [-0.4, -0.2) is 30.0 Å². The van der Waals surface area contributed by atoms with E-state index in [4.69, 9.17) is 11.6 Å². The van der Waals surface area contributed by atoms with Crippen molar-refractivity contribution in [2.24, 2.45) is 0 Å². The molecule has 0 aliphatic carbocycles. The summed E-state index contributed by atoms with van der Waals surface area (Å²) < 4.78 is 0. The van der Waals surface area contributed by atoms with E-state index in [0.717, 1.165) is 19.4 Å². The second-order valence-corrected chi connectivity index (χ2v) is 4.87. The predicted octanol–water partition coefficient (Wildman–Crippen LogP) is 2.15. The second-order valence-electron chi connectivity index (χ2n) is 4.44. The zero-order valence-corrected chi connectivity index (χ0v) is 12.2. The van der Waals surface area contributed by atoms with Crippen LogP contribution >= 0.6 is 24.0 Å². The number of nitro benzene ring substituents is 1. The number of rotatable bonds is 3. The van der Waals surface area contributed by atoms with Gasteiger partial charge in [-0.3, -0.25) is 14.9 Å². The summed E-state index contributed by atoms with van der Waals surface area (Å²) in [6, 6.07) is 3.97. The first-order valence-electron chi connectivity index (χ1n) is 6.03. The van der Waals surface area contributed by atoms with E-state index in [2.05, 4.69) is 10.6 Å². The summed E-state index contributed by atoms with van der Waals surface area (Å²) in [6.45, 7) is 1.61. The molecule has 1 heterocycles. The topological polar surface area (TPSA) is 84.3 Å². The van der Waals surface area contributed by atoms with Crippen molar-refractivity contribution < 1.29 is 9.72 Å². The first-order valence-corrected chi connectivity index (χ1v) is 6.41. The van der Waals surface area contributed by atoms with Crippen molar-refractivity contribution in [2.45, 2.75) is 18.9 Å². The van der Waals surface area contributed by atoms with Crippen molar-refractivity contribution in [1.82, 2.24) is 10.6 Å². The molecule has 2 N–H and O–H groups in total. The molecule has 2 rings (SSSR count). The summed E-state index contributed by atoms with van der Waals surface area (Å²) in [4.78, 5) is 22.4. The number of piperidine rings is 1. The average molecular weight is 320 g/mol. The second kappa shape index (κ2) is 7.42. The van der Waals surface area contributed by atoms with Crippen LogP contribution in [0.5, 0.6) is 0 Å². The van der Waals surface area contributed by atoms with Crippen LogP contribution in [0.15, 0.2) is 18.2 Å². The molecule has 0 radical (unpaired) electrons. The smallest absolute Gasteiger partial charge is 0.282 e. The molecule has 0 spiro atoms. The number of amides is 1. The molecule has 1 atom stereocenters. The van der Waals surface area contributed by atoms with E-state index >= 15 is 0 Å². The maximum atomic E-state index is 12.1. The molecule has 20 heavy (non-hydrogen) atoms. The summed E-state index contributed by atoms with van der Waals surface area (Å²) in [7, 11) is 0. The number of hydrogen-bond acceptors (Lipinski definition) is 4. The van der Waals surface area contributed by atoms with Gasteiger partial charge in [-0.1, -0.05) is 11.6 Å². The fourth-order valence-electron chi connectivity index (χ4n) is 2.09. The Morgan fingerprint density at radius 2 is 2.25 bits per heavy atom. The van der Waals surface area contributed by atoms with Crippen LogP contribution in [0.1, 0.15) is 23.2 Å². The Morgan fingerprint density at radius 3 is 2.85 bits per heavy atom. The molecule has 1 saturated heterocycles. The monoisotopic (exact) mass is 319 g/mol. The molecular formula is C12H15Cl2N3O3. The third kappa shape index (κ3) is 4.06. The Morgan fingerprint density at radius 1 is 1.50 bits per heavy atom. The highest BCUT2D eigenvalue weighted by molar-refractivity contribution is 6.31. The minimum Gasteiger partial charge on any atom is -0.348 e. The van der Waals surface area contributed by atoms with Gasteiger partial charge < -0.3 is 10.6 Å². The van der Waals surface area contributed by atoms with E-state index < -0.39 is 10.8 Å². The Hall–Kier alpha value is -1.37. The van der Waals surface area contributed by atoms with Crippen LogP contribution in [0.2, 0.25) is 5.02 Å². The molecule has 6 nitrogen and oxygen atoms in total. The lowest BCUT2D eigenvalue weighted by molar-refractivity contribution is -0.385. The predicted molar refractivity (Wildman–Crippen MR) is 78.7 cm³/mol. The number of hydrogen-bond donors (Lipinski definition) is 2. The molecular weight excluding hydrogens is 305 g/mol. The summed E-state index contributed by atoms with van der Waals surface area (Å²) in [5.74, 6) is -0.456. The maximum Gasteiger partial charge on any atom is 0.282 e. The highest BCUT2D eigenvalue weighted by atomic mass is 35.5. The largest absolute Gasteiger partial charge is 0.348 e.